The molecule has 0 spiro atoms. The summed E-state index contributed by atoms with van der Waals surface area (Å²) in [4.78, 5) is 12.1. The smallest absolute Gasteiger partial charge is 0.232 e. The molecule has 0 saturated heterocycles. The first-order valence-electron chi connectivity index (χ1n) is 8.21. The van der Waals surface area contributed by atoms with Gasteiger partial charge in [-0.05, 0) is 25.0 Å². The maximum atomic E-state index is 12.1. The fourth-order valence-corrected chi connectivity index (χ4v) is 3.82. The van der Waals surface area contributed by atoms with Crippen LogP contribution < -0.4 is 5.32 Å². The Morgan fingerprint density at radius 2 is 1.67 bits per heavy atom. The fourth-order valence-electron chi connectivity index (χ4n) is 2.14. The van der Waals surface area contributed by atoms with Crippen molar-refractivity contribution in [2.24, 2.45) is 0 Å². The summed E-state index contributed by atoms with van der Waals surface area (Å²) in [6.45, 7) is 4.80. The molecule has 0 aliphatic heterocycles. The number of rotatable bonds is 9. The number of carbonyl (C=O) groups is 1. The second kappa shape index (κ2) is 10.5. The minimum absolute atomic E-state index is 0.0210. The lowest BCUT2D eigenvalue weighted by Crippen LogP contribution is -2.32. The van der Waals surface area contributed by atoms with Crippen molar-refractivity contribution in [3.05, 3.63) is 71.3 Å². The van der Waals surface area contributed by atoms with Gasteiger partial charge in [0.2, 0.25) is 5.91 Å². The van der Waals surface area contributed by atoms with Crippen molar-refractivity contribution < 1.29 is 4.79 Å². The first kappa shape index (κ1) is 18.9. The fraction of sp³-hybridized carbons (Fsp3) is 0.350. The number of amides is 1. The maximum Gasteiger partial charge on any atom is 0.232 e. The van der Waals surface area contributed by atoms with Gasteiger partial charge in [-0.3, -0.25) is 4.79 Å². The van der Waals surface area contributed by atoms with Crippen LogP contribution in [-0.2, 0) is 16.3 Å². The molecule has 0 aliphatic rings. The Labute approximate surface area is 153 Å². The van der Waals surface area contributed by atoms with Gasteiger partial charge >= 0.3 is 0 Å². The first-order valence-corrected chi connectivity index (χ1v) is 10.4. The molecule has 0 fully saturated rings. The summed E-state index contributed by atoms with van der Waals surface area (Å²) in [5, 5.41) is 3.01. The van der Waals surface area contributed by atoms with E-state index in [-0.39, 0.29) is 11.2 Å². The summed E-state index contributed by atoms with van der Waals surface area (Å²) in [7, 11) is 0. The van der Waals surface area contributed by atoms with Crippen LogP contribution in [0.3, 0.4) is 0 Å². The van der Waals surface area contributed by atoms with Gasteiger partial charge in [0, 0.05) is 23.8 Å². The summed E-state index contributed by atoms with van der Waals surface area (Å²) in [5.41, 5.74) is 3.89. The molecule has 1 N–H and O–H groups in total. The summed E-state index contributed by atoms with van der Waals surface area (Å²) >= 11 is 3.54. The molecular weight excluding hydrogens is 334 g/mol. The second-order valence-electron chi connectivity index (χ2n) is 5.77. The number of hydrogen-bond donors (Lipinski definition) is 1. The molecule has 1 amide bonds. The highest BCUT2D eigenvalue weighted by molar-refractivity contribution is 7.99. The molecule has 2 rings (SSSR count). The Kier molecular flexibility index (Phi) is 8.26. The van der Waals surface area contributed by atoms with Gasteiger partial charge in [0.25, 0.3) is 0 Å². The zero-order chi connectivity index (χ0) is 17.2. The Morgan fingerprint density at radius 3 is 2.38 bits per heavy atom. The first-order chi connectivity index (χ1) is 11.6. The van der Waals surface area contributed by atoms with Gasteiger partial charge in [-0.1, -0.05) is 60.2 Å². The van der Waals surface area contributed by atoms with Gasteiger partial charge in [0.05, 0.1) is 5.25 Å². The minimum atomic E-state index is -0.0210. The summed E-state index contributed by atoms with van der Waals surface area (Å²) in [6, 6.07) is 18.9. The highest BCUT2D eigenvalue weighted by Crippen LogP contribution is 2.17. The molecule has 0 saturated carbocycles. The molecule has 0 aromatic heterocycles. The van der Waals surface area contributed by atoms with Gasteiger partial charge in [-0.15, -0.1) is 11.8 Å². The Bertz CT molecular complexity index is 613. The molecule has 2 aromatic carbocycles. The maximum absolute atomic E-state index is 12.1. The number of thioether (sulfide) groups is 2. The molecule has 0 heterocycles. The number of nitrogens with one attached hydrogen (secondary N) is 1. The molecular formula is C20H25NOS2. The van der Waals surface area contributed by atoms with E-state index in [9.17, 15) is 4.79 Å². The van der Waals surface area contributed by atoms with E-state index in [1.165, 1.54) is 16.7 Å². The van der Waals surface area contributed by atoms with E-state index in [4.69, 9.17) is 0 Å². The van der Waals surface area contributed by atoms with Crippen molar-refractivity contribution in [1.82, 2.24) is 5.32 Å². The average molecular weight is 360 g/mol. The van der Waals surface area contributed by atoms with Crippen molar-refractivity contribution in [2.75, 3.05) is 12.3 Å². The molecule has 1 unspecified atom stereocenters. The van der Waals surface area contributed by atoms with Crippen molar-refractivity contribution >= 4 is 29.4 Å². The molecule has 24 heavy (non-hydrogen) atoms. The third-order valence-corrected chi connectivity index (χ3v) is 5.89. The average Bonchev–Trinajstić information content (AvgIpc) is 2.61. The number of benzene rings is 2. The Balaban J connectivity index is 1.57. The van der Waals surface area contributed by atoms with Gasteiger partial charge in [0.15, 0.2) is 0 Å². The topological polar surface area (TPSA) is 29.1 Å². The van der Waals surface area contributed by atoms with E-state index in [0.717, 1.165) is 23.8 Å². The van der Waals surface area contributed by atoms with Gasteiger partial charge in [-0.2, -0.15) is 11.8 Å². The number of carbonyl (C=O) groups excluding carboxylic acids is 1. The summed E-state index contributed by atoms with van der Waals surface area (Å²) in [5.74, 6) is 2.94. The van der Waals surface area contributed by atoms with E-state index in [0.29, 0.717) is 0 Å². The van der Waals surface area contributed by atoms with Crippen LogP contribution in [0.1, 0.15) is 23.6 Å². The highest BCUT2D eigenvalue weighted by Gasteiger charge is 2.12. The third-order valence-electron chi connectivity index (χ3n) is 3.65. The summed E-state index contributed by atoms with van der Waals surface area (Å²) in [6.07, 6.45) is 0. The van der Waals surface area contributed by atoms with Gasteiger partial charge in [0.1, 0.15) is 0 Å². The molecule has 0 radical (unpaired) electrons. The van der Waals surface area contributed by atoms with Crippen molar-refractivity contribution in [3.63, 3.8) is 0 Å². The lowest BCUT2D eigenvalue weighted by Gasteiger charge is -2.12. The van der Waals surface area contributed by atoms with Crippen LogP contribution in [0.5, 0.6) is 0 Å². The zero-order valence-electron chi connectivity index (χ0n) is 14.3. The molecule has 0 aliphatic carbocycles. The predicted molar refractivity (Wildman–Crippen MR) is 108 cm³/mol. The zero-order valence-corrected chi connectivity index (χ0v) is 16.0. The monoisotopic (exact) mass is 359 g/mol. The van der Waals surface area contributed by atoms with Crippen molar-refractivity contribution in [1.29, 1.82) is 0 Å². The van der Waals surface area contributed by atoms with E-state index in [1.807, 2.05) is 36.9 Å². The van der Waals surface area contributed by atoms with Gasteiger partial charge in [-0.25, -0.2) is 0 Å². The summed E-state index contributed by atoms with van der Waals surface area (Å²) < 4.78 is 0. The molecule has 4 heteroatoms. The van der Waals surface area contributed by atoms with E-state index >= 15 is 0 Å². The van der Waals surface area contributed by atoms with Crippen LogP contribution in [0.25, 0.3) is 0 Å². The number of hydrogen-bond acceptors (Lipinski definition) is 3. The van der Waals surface area contributed by atoms with Gasteiger partial charge < -0.3 is 5.32 Å². The van der Waals surface area contributed by atoms with Crippen molar-refractivity contribution in [3.8, 4) is 0 Å². The minimum Gasteiger partial charge on any atom is -0.354 e. The highest BCUT2D eigenvalue weighted by atomic mass is 32.2. The largest absolute Gasteiger partial charge is 0.354 e. The van der Waals surface area contributed by atoms with Crippen LogP contribution >= 0.6 is 23.5 Å². The normalized spacial score (nSPS) is 11.9. The Morgan fingerprint density at radius 1 is 1.00 bits per heavy atom. The lowest BCUT2D eigenvalue weighted by molar-refractivity contribution is -0.120. The molecule has 0 bridgehead atoms. The number of aryl methyl sites for hydroxylation is 1. The third kappa shape index (κ3) is 7.02. The second-order valence-corrected chi connectivity index (χ2v) is 8.20. The SMILES string of the molecule is Cc1ccc(CSCCNC(=O)C(C)SCc2ccccc2)cc1. The lowest BCUT2D eigenvalue weighted by atomic mass is 10.2. The van der Waals surface area contributed by atoms with E-state index in [1.54, 1.807) is 11.8 Å². The quantitative estimate of drug-likeness (QED) is 0.660. The van der Waals surface area contributed by atoms with Crippen LogP contribution in [0.15, 0.2) is 54.6 Å². The molecule has 128 valence electrons. The molecule has 2 aromatic rings. The van der Waals surface area contributed by atoms with E-state index in [2.05, 4.69) is 48.6 Å². The van der Waals surface area contributed by atoms with Crippen molar-refractivity contribution in [2.45, 2.75) is 30.6 Å². The van der Waals surface area contributed by atoms with Crippen LogP contribution in [0, 0.1) is 6.92 Å². The predicted octanol–water partition coefficient (Wildman–Crippen LogP) is 4.67. The standard InChI is InChI=1S/C20H25NOS2/c1-16-8-10-19(11-9-16)14-23-13-12-21-20(22)17(2)24-15-18-6-4-3-5-7-18/h3-11,17H,12-15H2,1-2H3,(H,21,22). The van der Waals surface area contributed by atoms with Crippen LogP contribution in [0.4, 0.5) is 0 Å². The molecule has 2 nitrogen and oxygen atoms in total. The Hall–Kier alpha value is -1.39. The van der Waals surface area contributed by atoms with Crippen LogP contribution in [-0.4, -0.2) is 23.5 Å². The van der Waals surface area contributed by atoms with Crippen LogP contribution in [0.2, 0.25) is 0 Å². The van der Waals surface area contributed by atoms with E-state index < -0.39 is 0 Å². The molecule has 1 atom stereocenters.